The standard InChI is InChI=1S/C33H36ClN3O7/c1-4-37(19-9-15-7-5-6-8-16(15)10-19)14-18-13-22(38)24-20(26(18)34)11-17-12-21-27(36(2)3)29(40)25(32(35)43)31(42)33(21,44)30(41)23(17)28(24)39/h5-8,13,17,19,21,27,38,40-41,44H,4,9-12,14H2,1-3H3,(H2,35,43)/t17-,21-,27-,33-/m0/s1. The zero-order valence-corrected chi connectivity index (χ0v) is 25.6. The van der Waals surface area contributed by atoms with Crippen LogP contribution in [0.4, 0.5) is 0 Å². The number of aliphatic hydroxyl groups excluding tert-OH is 2. The Bertz CT molecular complexity index is 1660. The van der Waals surface area contributed by atoms with Crippen LogP contribution in [0.3, 0.4) is 0 Å². The Balaban J connectivity index is 1.39. The van der Waals surface area contributed by atoms with E-state index in [1.807, 2.05) is 12.1 Å². The van der Waals surface area contributed by atoms with Gasteiger partial charge < -0.3 is 26.2 Å². The molecule has 44 heavy (non-hydrogen) atoms. The minimum Gasteiger partial charge on any atom is -0.510 e. The number of aliphatic hydroxyl groups is 3. The summed E-state index contributed by atoms with van der Waals surface area (Å²) in [4.78, 5) is 43.4. The highest BCUT2D eigenvalue weighted by atomic mass is 35.5. The van der Waals surface area contributed by atoms with Crippen molar-refractivity contribution < 1.29 is 34.8 Å². The summed E-state index contributed by atoms with van der Waals surface area (Å²) in [5.74, 6) is -6.85. The molecule has 6 rings (SSSR count). The number of carbonyl (C=O) groups excluding carboxylic acids is 3. The topological polar surface area (TPSA) is 165 Å². The lowest BCUT2D eigenvalue weighted by atomic mass is 9.58. The molecular formula is C33H36ClN3O7. The van der Waals surface area contributed by atoms with E-state index >= 15 is 0 Å². The van der Waals surface area contributed by atoms with Gasteiger partial charge in [-0.1, -0.05) is 42.8 Å². The van der Waals surface area contributed by atoms with Crippen LogP contribution in [0.1, 0.15) is 46.0 Å². The van der Waals surface area contributed by atoms with Crippen molar-refractivity contribution in [3.8, 4) is 5.75 Å². The largest absolute Gasteiger partial charge is 0.510 e. The number of amides is 1. The van der Waals surface area contributed by atoms with Crippen LogP contribution in [0.15, 0.2) is 53.0 Å². The fraction of sp³-hybridized carbons (Fsp3) is 0.424. The van der Waals surface area contributed by atoms with Gasteiger partial charge >= 0.3 is 0 Å². The number of Topliss-reactive ketones (excluding diaryl/α,β-unsaturated/α-hetero) is 2. The molecule has 0 aliphatic heterocycles. The van der Waals surface area contributed by atoms with E-state index in [1.165, 1.54) is 22.1 Å². The van der Waals surface area contributed by atoms with Crippen molar-refractivity contribution in [2.24, 2.45) is 17.6 Å². The lowest BCUT2D eigenvalue weighted by Gasteiger charge is -2.50. The van der Waals surface area contributed by atoms with E-state index in [0.29, 0.717) is 22.7 Å². The Morgan fingerprint density at radius 2 is 1.73 bits per heavy atom. The Kier molecular flexibility index (Phi) is 7.40. The third-order valence-electron chi connectivity index (χ3n) is 10.1. The lowest BCUT2D eigenvalue weighted by Crippen LogP contribution is -2.63. The first-order valence-corrected chi connectivity index (χ1v) is 15.2. The number of carbonyl (C=O) groups is 3. The van der Waals surface area contributed by atoms with Crippen LogP contribution < -0.4 is 5.73 Å². The fourth-order valence-corrected chi connectivity index (χ4v) is 8.27. The molecule has 0 radical (unpaired) electrons. The quantitative estimate of drug-likeness (QED) is 0.305. The van der Waals surface area contributed by atoms with E-state index < -0.39 is 58.0 Å². The highest BCUT2D eigenvalue weighted by molar-refractivity contribution is 6.33. The average Bonchev–Trinajstić information content (AvgIpc) is 3.39. The number of hydrogen-bond donors (Lipinski definition) is 5. The number of phenols is 1. The molecule has 0 saturated carbocycles. The Morgan fingerprint density at radius 1 is 1.09 bits per heavy atom. The average molecular weight is 622 g/mol. The Hall–Kier alpha value is -3.70. The second-order valence-electron chi connectivity index (χ2n) is 12.6. The van der Waals surface area contributed by atoms with Gasteiger partial charge in [-0.05, 0) is 80.6 Å². The summed E-state index contributed by atoms with van der Waals surface area (Å²) in [7, 11) is 3.19. The number of fused-ring (bicyclic) bond motifs is 4. The van der Waals surface area contributed by atoms with Gasteiger partial charge in [0.05, 0.1) is 11.6 Å². The zero-order chi connectivity index (χ0) is 31.8. The molecule has 232 valence electrons. The van der Waals surface area contributed by atoms with Crippen LogP contribution in [0.25, 0.3) is 0 Å². The molecule has 4 atom stereocenters. The van der Waals surface area contributed by atoms with Crippen LogP contribution in [-0.2, 0) is 35.4 Å². The predicted molar refractivity (Wildman–Crippen MR) is 162 cm³/mol. The molecule has 0 saturated heterocycles. The van der Waals surface area contributed by atoms with Gasteiger partial charge in [0, 0.05) is 29.1 Å². The number of allylic oxidation sites excluding steroid dienone is 1. The summed E-state index contributed by atoms with van der Waals surface area (Å²) < 4.78 is 0. The highest BCUT2D eigenvalue weighted by Crippen LogP contribution is 2.53. The summed E-state index contributed by atoms with van der Waals surface area (Å²) >= 11 is 6.99. The molecule has 6 N–H and O–H groups in total. The normalized spacial score (nSPS) is 26.7. The van der Waals surface area contributed by atoms with Gasteiger partial charge in [-0.3, -0.25) is 24.2 Å². The first kappa shape index (κ1) is 30.3. The fourth-order valence-electron chi connectivity index (χ4n) is 7.98. The van der Waals surface area contributed by atoms with Crippen molar-refractivity contribution in [2.45, 2.75) is 56.8 Å². The second kappa shape index (κ2) is 10.7. The number of hydrogen-bond acceptors (Lipinski definition) is 9. The number of primary amides is 1. The first-order valence-electron chi connectivity index (χ1n) is 14.8. The van der Waals surface area contributed by atoms with E-state index in [1.54, 1.807) is 14.1 Å². The smallest absolute Gasteiger partial charge is 0.255 e. The third kappa shape index (κ3) is 4.30. The highest BCUT2D eigenvalue weighted by Gasteiger charge is 2.63. The summed E-state index contributed by atoms with van der Waals surface area (Å²) in [6.07, 6.45) is 1.97. The molecule has 1 amide bonds. The van der Waals surface area contributed by atoms with Gasteiger partial charge in [0.1, 0.15) is 22.8 Å². The maximum Gasteiger partial charge on any atom is 0.255 e. The Morgan fingerprint density at radius 3 is 2.30 bits per heavy atom. The second-order valence-corrected chi connectivity index (χ2v) is 13.0. The van der Waals surface area contributed by atoms with Crippen molar-refractivity contribution in [3.05, 3.63) is 85.8 Å². The van der Waals surface area contributed by atoms with E-state index in [2.05, 4.69) is 24.0 Å². The Labute approximate surface area is 260 Å². The summed E-state index contributed by atoms with van der Waals surface area (Å²) in [5.41, 5.74) is 5.33. The third-order valence-corrected chi connectivity index (χ3v) is 10.5. The van der Waals surface area contributed by atoms with Gasteiger partial charge in [0.2, 0.25) is 5.78 Å². The maximum absolute atomic E-state index is 13.9. The number of likely N-dealkylation sites (N-methyl/N-ethyl adjacent to an activating group) is 2. The van der Waals surface area contributed by atoms with E-state index in [-0.39, 0.29) is 35.8 Å². The zero-order valence-electron chi connectivity index (χ0n) is 24.8. The van der Waals surface area contributed by atoms with Crippen LogP contribution in [0, 0.1) is 11.8 Å². The van der Waals surface area contributed by atoms with Crippen LogP contribution in [-0.4, -0.2) is 86.0 Å². The number of ketones is 2. The van der Waals surface area contributed by atoms with Gasteiger partial charge in [-0.15, -0.1) is 0 Å². The molecule has 0 unspecified atom stereocenters. The van der Waals surface area contributed by atoms with Crippen LogP contribution in [0.2, 0.25) is 5.02 Å². The first-order chi connectivity index (χ1) is 20.8. The van der Waals surface area contributed by atoms with Crippen molar-refractivity contribution >= 4 is 29.1 Å². The molecule has 0 bridgehead atoms. The number of aromatic hydroxyl groups is 1. The lowest BCUT2D eigenvalue weighted by molar-refractivity contribution is -0.148. The SMILES string of the molecule is CCN(Cc1cc(O)c2c(c1Cl)C[C@H]1C[C@H]3[C@H](N(C)C)C(O)=C(C(N)=O)C(=O)[C@@]3(O)C(O)=C1C2=O)C1Cc2ccccc2C1. The molecule has 11 heteroatoms. The molecule has 4 aliphatic rings. The minimum atomic E-state index is -2.68. The number of nitrogens with zero attached hydrogens (tertiary/aromatic N) is 2. The van der Waals surface area contributed by atoms with Crippen molar-refractivity contribution in [1.29, 1.82) is 0 Å². The van der Waals surface area contributed by atoms with E-state index in [9.17, 15) is 34.8 Å². The predicted octanol–water partition coefficient (Wildman–Crippen LogP) is 2.76. The van der Waals surface area contributed by atoms with Crippen LogP contribution in [0.5, 0.6) is 5.75 Å². The van der Waals surface area contributed by atoms with E-state index in [4.69, 9.17) is 17.3 Å². The number of phenolic OH excluding ortho intramolecular Hbond substituents is 1. The van der Waals surface area contributed by atoms with Crippen molar-refractivity contribution in [2.75, 3.05) is 20.6 Å². The minimum absolute atomic E-state index is 0.00843. The van der Waals surface area contributed by atoms with E-state index in [0.717, 1.165) is 19.4 Å². The molecule has 4 aliphatic carbocycles. The number of nitrogens with two attached hydrogens (primary N) is 1. The molecular weight excluding hydrogens is 586 g/mol. The molecule has 0 fully saturated rings. The summed E-state index contributed by atoms with van der Waals surface area (Å²) in [5, 5.41) is 45.7. The monoisotopic (exact) mass is 621 g/mol. The van der Waals surface area contributed by atoms with Crippen LogP contribution >= 0.6 is 11.6 Å². The van der Waals surface area contributed by atoms with Gasteiger partial charge in [-0.2, -0.15) is 0 Å². The van der Waals surface area contributed by atoms with Crippen molar-refractivity contribution in [3.63, 3.8) is 0 Å². The van der Waals surface area contributed by atoms with Gasteiger partial charge in [-0.25, -0.2) is 0 Å². The molecule has 2 aromatic carbocycles. The van der Waals surface area contributed by atoms with Gasteiger partial charge in [0.25, 0.3) is 5.91 Å². The molecule has 10 nitrogen and oxygen atoms in total. The summed E-state index contributed by atoms with van der Waals surface area (Å²) in [6.45, 7) is 3.28. The molecule has 0 spiro atoms. The number of benzene rings is 2. The molecule has 0 aromatic heterocycles. The van der Waals surface area contributed by atoms with Gasteiger partial charge in [0.15, 0.2) is 11.4 Å². The molecule has 0 heterocycles. The number of rotatable bonds is 6. The summed E-state index contributed by atoms with van der Waals surface area (Å²) in [6, 6.07) is 9.04. The number of halogens is 1. The maximum atomic E-state index is 13.9. The molecule has 2 aromatic rings. The van der Waals surface area contributed by atoms with Crippen molar-refractivity contribution in [1.82, 2.24) is 9.80 Å².